The van der Waals surface area contributed by atoms with E-state index in [9.17, 15) is 0 Å². The molecule has 0 saturated carbocycles. The van der Waals surface area contributed by atoms with Gasteiger partial charge in [-0.3, -0.25) is 4.98 Å². The first-order chi connectivity index (χ1) is 7.74. The minimum absolute atomic E-state index is 0.154. The molecule has 0 fully saturated rings. The summed E-state index contributed by atoms with van der Waals surface area (Å²) in [7, 11) is 0. The Morgan fingerprint density at radius 2 is 2.38 bits per heavy atom. The fourth-order valence-electron chi connectivity index (χ4n) is 1.63. The Morgan fingerprint density at radius 3 is 3.06 bits per heavy atom. The van der Waals surface area contributed by atoms with E-state index in [1.165, 1.54) is 5.56 Å². The Bertz CT molecular complexity index is 433. The predicted molar refractivity (Wildman–Crippen MR) is 62.9 cm³/mol. The van der Waals surface area contributed by atoms with Crippen LogP contribution < -0.4 is 5.73 Å². The van der Waals surface area contributed by atoms with Crippen molar-refractivity contribution in [2.45, 2.75) is 25.9 Å². The molecule has 0 radical (unpaired) electrons. The Balaban J connectivity index is 2.03. The van der Waals surface area contributed by atoms with Crippen LogP contribution in [0.4, 0.5) is 0 Å². The highest BCUT2D eigenvalue weighted by Crippen LogP contribution is 2.03. The lowest BCUT2D eigenvalue weighted by molar-refractivity contribution is 0.723. The Morgan fingerprint density at radius 1 is 1.50 bits per heavy atom. The molecule has 2 rings (SSSR count). The lowest BCUT2D eigenvalue weighted by atomic mass is 10.2. The van der Waals surface area contributed by atoms with E-state index in [1.54, 1.807) is 6.20 Å². The molecule has 0 saturated heterocycles. The smallest absolute Gasteiger partial charge is 0.0952 e. The summed E-state index contributed by atoms with van der Waals surface area (Å²) in [6.45, 7) is 2.79. The zero-order chi connectivity index (χ0) is 11.4. The normalized spacial score (nSPS) is 12.6. The van der Waals surface area contributed by atoms with E-state index in [0.717, 1.165) is 18.7 Å². The molecular formula is C12H16N4. The average molecular weight is 216 g/mol. The van der Waals surface area contributed by atoms with Gasteiger partial charge in [-0.15, -0.1) is 0 Å². The Kier molecular flexibility index (Phi) is 3.31. The molecule has 0 aliphatic rings. The SMILES string of the molecule is CC(N)Cc1cn(Cc2cccnc2)cn1. The number of nitrogens with zero attached hydrogens (tertiary/aromatic N) is 3. The quantitative estimate of drug-likeness (QED) is 0.836. The van der Waals surface area contributed by atoms with Crippen molar-refractivity contribution in [2.24, 2.45) is 5.73 Å². The first-order valence-corrected chi connectivity index (χ1v) is 5.39. The second-order valence-corrected chi connectivity index (χ2v) is 4.08. The van der Waals surface area contributed by atoms with Gasteiger partial charge in [-0.25, -0.2) is 4.98 Å². The first kappa shape index (κ1) is 10.8. The van der Waals surface area contributed by atoms with Crippen LogP contribution in [-0.4, -0.2) is 20.6 Å². The number of rotatable bonds is 4. The first-order valence-electron chi connectivity index (χ1n) is 5.39. The van der Waals surface area contributed by atoms with E-state index >= 15 is 0 Å². The number of aromatic nitrogens is 3. The summed E-state index contributed by atoms with van der Waals surface area (Å²) in [4.78, 5) is 8.40. The maximum atomic E-state index is 5.73. The van der Waals surface area contributed by atoms with E-state index in [4.69, 9.17) is 5.73 Å². The van der Waals surface area contributed by atoms with Crippen LogP contribution in [0.25, 0.3) is 0 Å². The van der Waals surface area contributed by atoms with Crippen LogP contribution >= 0.6 is 0 Å². The Labute approximate surface area is 95.1 Å². The summed E-state index contributed by atoms with van der Waals surface area (Å²) in [6.07, 6.45) is 8.34. The van der Waals surface area contributed by atoms with Gasteiger partial charge >= 0.3 is 0 Å². The monoisotopic (exact) mass is 216 g/mol. The van der Waals surface area contributed by atoms with Crippen LogP contribution in [0.5, 0.6) is 0 Å². The van der Waals surface area contributed by atoms with E-state index in [-0.39, 0.29) is 6.04 Å². The molecule has 16 heavy (non-hydrogen) atoms. The van der Waals surface area contributed by atoms with Gasteiger partial charge in [0.2, 0.25) is 0 Å². The van der Waals surface area contributed by atoms with Crippen molar-refractivity contribution in [2.75, 3.05) is 0 Å². The molecule has 2 heterocycles. The molecule has 0 bridgehead atoms. The molecule has 0 aromatic carbocycles. The topological polar surface area (TPSA) is 56.7 Å². The third kappa shape index (κ3) is 2.90. The third-order valence-corrected chi connectivity index (χ3v) is 2.31. The summed E-state index contributed by atoms with van der Waals surface area (Å²) in [5.74, 6) is 0. The molecule has 0 amide bonds. The van der Waals surface area contributed by atoms with Gasteiger partial charge in [-0.1, -0.05) is 6.07 Å². The van der Waals surface area contributed by atoms with Crippen molar-refractivity contribution in [3.05, 3.63) is 48.3 Å². The fraction of sp³-hybridized carbons (Fsp3) is 0.333. The molecule has 0 spiro atoms. The molecule has 0 aliphatic heterocycles. The highest BCUT2D eigenvalue weighted by molar-refractivity contribution is 5.10. The second kappa shape index (κ2) is 4.90. The van der Waals surface area contributed by atoms with Crippen molar-refractivity contribution in [3.8, 4) is 0 Å². The molecule has 4 nitrogen and oxygen atoms in total. The molecule has 0 aliphatic carbocycles. The molecule has 2 aromatic rings. The summed E-state index contributed by atoms with van der Waals surface area (Å²) in [5.41, 5.74) is 7.94. The van der Waals surface area contributed by atoms with Crippen molar-refractivity contribution in [1.29, 1.82) is 0 Å². The molecule has 4 heteroatoms. The maximum absolute atomic E-state index is 5.73. The molecule has 2 N–H and O–H groups in total. The zero-order valence-corrected chi connectivity index (χ0v) is 9.37. The fourth-order valence-corrected chi connectivity index (χ4v) is 1.63. The minimum atomic E-state index is 0.154. The third-order valence-electron chi connectivity index (χ3n) is 2.31. The average Bonchev–Trinajstić information content (AvgIpc) is 2.66. The van der Waals surface area contributed by atoms with E-state index in [2.05, 4.69) is 20.6 Å². The molecule has 2 aromatic heterocycles. The summed E-state index contributed by atoms with van der Waals surface area (Å²) >= 11 is 0. The minimum Gasteiger partial charge on any atom is -0.333 e. The molecule has 1 atom stereocenters. The van der Waals surface area contributed by atoms with Crippen LogP contribution in [0.1, 0.15) is 18.2 Å². The highest BCUT2D eigenvalue weighted by atomic mass is 15.0. The van der Waals surface area contributed by atoms with Crippen molar-refractivity contribution in [1.82, 2.24) is 14.5 Å². The number of nitrogens with two attached hydrogens (primary N) is 1. The number of hydrogen-bond acceptors (Lipinski definition) is 3. The van der Waals surface area contributed by atoms with Gasteiger partial charge < -0.3 is 10.3 Å². The number of imidazole rings is 1. The largest absolute Gasteiger partial charge is 0.333 e. The summed E-state index contributed by atoms with van der Waals surface area (Å²) in [5, 5.41) is 0. The van der Waals surface area contributed by atoms with E-state index < -0.39 is 0 Å². The maximum Gasteiger partial charge on any atom is 0.0952 e. The van der Waals surface area contributed by atoms with E-state index in [0.29, 0.717) is 0 Å². The van der Waals surface area contributed by atoms with Crippen LogP contribution in [0.2, 0.25) is 0 Å². The number of hydrogen-bond donors (Lipinski definition) is 1. The van der Waals surface area contributed by atoms with Gasteiger partial charge in [0.15, 0.2) is 0 Å². The van der Waals surface area contributed by atoms with Crippen molar-refractivity contribution < 1.29 is 0 Å². The van der Waals surface area contributed by atoms with Gasteiger partial charge in [0, 0.05) is 31.1 Å². The number of pyridine rings is 1. The zero-order valence-electron chi connectivity index (χ0n) is 9.37. The Hall–Kier alpha value is -1.68. The van der Waals surface area contributed by atoms with Crippen molar-refractivity contribution >= 4 is 0 Å². The van der Waals surface area contributed by atoms with Gasteiger partial charge in [0.1, 0.15) is 0 Å². The van der Waals surface area contributed by atoms with Gasteiger partial charge in [0.25, 0.3) is 0 Å². The lowest BCUT2D eigenvalue weighted by Gasteiger charge is -2.01. The van der Waals surface area contributed by atoms with Crippen molar-refractivity contribution in [3.63, 3.8) is 0 Å². The van der Waals surface area contributed by atoms with Gasteiger partial charge in [-0.2, -0.15) is 0 Å². The van der Waals surface area contributed by atoms with Crippen LogP contribution in [0.15, 0.2) is 37.1 Å². The van der Waals surface area contributed by atoms with Gasteiger partial charge in [0.05, 0.1) is 18.6 Å². The molecule has 1 unspecified atom stereocenters. The van der Waals surface area contributed by atoms with Crippen LogP contribution in [0.3, 0.4) is 0 Å². The van der Waals surface area contributed by atoms with Crippen LogP contribution in [0, 0.1) is 0 Å². The molecule has 84 valence electrons. The summed E-state index contributed by atoms with van der Waals surface area (Å²) in [6, 6.07) is 4.15. The lowest BCUT2D eigenvalue weighted by Crippen LogP contribution is -2.17. The predicted octanol–water partition coefficient (Wildman–Crippen LogP) is 1.22. The van der Waals surface area contributed by atoms with E-state index in [1.807, 2.05) is 31.7 Å². The second-order valence-electron chi connectivity index (χ2n) is 4.08. The standard InChI is InChI=1S/C12H16N4/c1-10(13)5-12-8-16(9-15-12)7-11-3-2-4-14-6-11/h2-4,6,8-10H,5,7,13H2,1H3. The van der Waals surface area contributed by atoms with Crippen LogP contribution in [-0.2, 0) is 13.0 Å². The highest BCUT2D eigenvalue weighted by Gasteiger charge is 2.02. The van der Waals surface area contributed by atoms with Gasteiger partial charge in [-0.05, 0) is 18.6 Å². The summed E-state index contributed by atoms with van der Waals surface area (Å²) < 4.78 is 2.05. The molecular weight excluding hydrogens is 200 g/mol.